The first-order chi connectivity index (χ1) is 11.6. The number of nitrogens with zero attached hydrogens (tertiary/aromatic N) is 3. The summed E-state index contributed by atoms with van der Waals surface area (Å²) in [6.07, 6.45) is 0. The fraction of sp³-hybridized carbons (Fsp3) is 0.412. The summed E-state index contributed by atoms with van der Waals surface area (Å²) in [7, 11) is 1.68. The summed E-state index contributed by atoms with van der Waals surface area (Å²) in [5.74, 6) is 0.868. The van der Waals surface area contributed by atoms with E-state index in [1.807, 2.05) is 30.5 Å². The van der Waals surface area contributed by atoms with Crippen molar-refractivity contribution in [2.45, 2.75) is 6.92 Å². The van der Waals surface area contributed by atoms with E-state index in [9.17, 15) is 4.79 Å². The Morgan fingerprint density at radius 3 is 2.79 bits per heavy atom. The molecule has 24 heavy (non-hydrogen) atoms. The molecule has 2 heterocycles. The molecule has 0 aliphatic carbocycles. The van der Waals surface area contributed by atoms with Crippen molar-refractivity contribution in [1.29, 1.82) is 0 Å². The van der Waals surface area contributed by atoms with Gasteiger partial charge >= 0.3 is 0 Å². The SMILES string of the molecule is COc1cccc(N2CCN(CC(=O)Nc3nc(C)cs3)CC2)c1. The van der Waals surface area contributed by atoms with Crippen LogP contribution in [-0.4, -0.2) is 55.6 Å². The summed E-state index contributed by atoms with van der Waals surface area (Å²) in [5, 5.41) is 5.47. The first-order valence-electron chi connectivity index (χ1n) is 7.97. The van der Waals surface area contributed by atoms with Gasteiger partial charge in [0.2, 0.25) is 5.91 Å². The maximum absolute atomic E-state index is 12.1. The zero-order valence-corrected chi connectivity index (χ0v) is 14.8. The van der Waals surface area contributed by atoms with Gasteiger partial charge in [-0.1, -0.05) is 6.07 Å². The van der Waals surface area contributed by atoms with Crippen LogP contribution in [-0.2, 0) is 4.79 Å². The third-order valence-electron chi connectivity index (χ3n) is 4.02. The van der Waals surface area contributed by atoms with Gasteiger partial charge in [0.05, 0.1) is 19.3 Å². The summed E-state index contributed by atoms with van der Waals surface area (Å²) in [4.78, 5) is 20.9. The lowest BCUT2D eigenvalue weighted by Crippen LogP contribution is -2.48. The number of aromatic nitrogens is 1. The van der Waals surface area contributed by atoms with Gasteiger partial charge in [-0.2, -0.15) is 0 Å². The van der Waals surface area contributed by atoms with E-state index >= 15 is 0 Å². The predicted octanol–water partition coefficient (Wildman–Crippen LogP) is 2.22. The molecule has 1 N–H and O–H groups in total. The molecule has 0 radical (unpaired) electrons. The van der Waals surface area contributed by atoms with Crippen molar-refractivity contribution in [1.82, 2.24) is 9.88 Å². The Kier molecular flexibility index (Phi) is 5.32. The molecule has 1 saturated heterocycles. The molecule has 7 heteroatoms. The summed E-state index contributed by atoms with van der Waals surface area (Å²) in [6, 6.07) is 8.09. The number of thiazole rings is 1. The van der Waals surface area contributed by atoms with Crippen LogP contribution in [0, 0.1) is 6.92 Å². The number of methoxy groups -OCH3 is 1. The van der Waals surface area contributed by atoms with E-state index in [2.05, 4.69) is 26.2 Å². The third kappa shape index (κ3) is 4.24. The molecule has 1 aromatic heterocycles. The number of anilines is 2. The molecule has 0 unspecified atom stereocenters. The van der Waals surface area contributed by atoms with Gasteiger partial charge in [0.1, 0.15) is 5.75 Å². The molecule has 128 valence electrons. The summed E-state index contributed by atoms with van der Waals surface area (Å²) >= 11 is 1.46. The average molecular weight is 346 g/mol. The van der Waals surface area contributed by atoms with Gasteiger partial charge in [-0.25, -0.2) is 4.98 Å². The summed E-state index contributed by atoms with van der Waals surface area (Å²) in [6.45, 7) is 5.85. The van der Waals surface area contributed by atoms with Crippen LogP contribution < -0.4 is 15.0 Å². The third-order valence-corrected chi connectivity index (χ3v) is 4.90. The molecule has 0 atom stereocenters. The van der Waals surface area contributed by atoms with Crippen LogP contribution >= 0.6 is 11.3 Å². The minimum Gasteiger partial charge on any atom is -0.497 e. The highest BCUT2D eigenvalue weighted by Crippen LogP contribution is 2.22. The molecule has 0 spiro atoms. The van der Waals surface area contributed by atoms with Crippen LogP contribution in [0.4, 0.5) is 10.8 Å². The zero-order valence-electron chi connectivity index (χ0n) is 14.0. The lowest BCUT2D eigenvalue weighted by Gasteiger charge is -2.35. The number of ether oxygens (including phenoxy) is 1. The van der Waals surface area contributed by atoms with E-state index in [1.165, 1.54) is 11.3 Å². The fourth-order valence-electron chi connectivity index (χ4n) is 2.74. The number of hydrogen-bond acceptors (Lipinski definition) is 6. The van der Waals surface area contributed by atoms with Crippen LogP contribution in [0.2, 0.25) is 0 Å². The van der Waals surface area contributed by atoms with Gasteiger partial charge in [0.25, 0.3) is 0 Å². The number of amides is 1. The fourth-order valence-corrected chi connectivity index (χ4v) is 3.45. The Labute approximate surface area is 146 Å². The number of hydrogen-bond donors (Lipinski definition) is 1. The average Bonchev–Trinajstić information content (AvgIpc) is 3.00. The van der Waals surface area contributed by atoms with Gasteiger partial charge < -0.3 is 15.0 Å². The molecule has 1 amide bonds. The van der Waals surface area contributed by atoms with Crippen LogP contribution in [0.25, 0.3) is 0 Å². The molecule has 1 aromatic carbocycles. The van der Waals surface area contributed by atoms with Crippen LogP contribution in [0.5, 0.6) is 5.75 Å². The second-order valence-corrected chi connectivity index (χ2v) is 6.66. The molecule has 1 fully saturated rings. The van der Waals surface area contributed by atoms with E-state index in [0.717, 1.165) is 43.3 Å². The van der Waals surface area contributed by atoms with Gasteiger partial charge in [-0.05, 0) is 19.1 Å². The van der Waals surface area contributed by atoms with Crippen molar-refractivity contribution in [3.05, 3.63) is 35.3 Å². The second kappa shape index (κ2) is 7.63. The lowest BCUT2D eigenvalue weighted by molar-refractivity contribution is -0.117. The minimum atomic E-state index is -0.000759. The largest absolute Gasteiger partial charge is 0.497 e. The monoisotopic (exact) mass is 346 g/mol. The van der Waals surface area contributed by atoms with E-state index in [0.29, 0.717) is 11.7 Å². The highest BCUT2D eigenvalue weighted by molar-refractivity contribution is 7.13. The van der Waals surface area contributed by atoms with E-state index in [4.69, 9.17) is 4.74 Å². The topological polar surface area (TPSA) is 57.7 Å². The maximum atomic E-state index is 12.1. The van der Waals surface area contributed by atoms with Crippen LogP contribution in [0.3, 0.4) is 0 Å². The quantitative estimate of drug-likeness (QED) is 0.900. The molecule has 1 aliphatic rings. The van der Waals surface area contributed by atoms with Crippen molar-refractivity contribution >= 4 is 28.1 Å². The molecular weight excluding hydrogens is 324 g/mol. The number of piperazine rings is 1. The second-order valence-electron chi connectivity index (χ2n) is 5.81. The Balaban J connectivity index is 1.48. The van der Waals surface area contributed by atoms with Gasteiger partial charge in [0.15, 0.2) is 5.13 Å². The first-order valence-corrected chi connectivity index (χ1v) is 8.85. The van der Waals surface area contributed by atoms with Gasteiger partial charge in [-0.15, -0.1) is 11.3 Å². The number of aryl methyl sites for hydroxylation is 1. The molecule has 6 nitrogen and oxygen atoms in total. The Bertz CT molecular complexity index is 695. The lowest BCUT2D eigenvalue weighted by atomic mass is 10.2. The van der Waals surface area contributed by atoms with Crippen molar-refractivity contribution in [3.8, 4) is 5.75 Å². The molecule has 0 saturated carbocycles. The van der Waals surface area contributed by atoms with Crippen molar-refractivity contribution in [3.63, 3.8) is 0 Å². The highest BCUT2D eigenvalue weighted by Gasteiger charge is 2.19. The molecule has 3 rings (SSSR count). The Hall–Kier alpha value is -2.12. The van der Waals surface area contributed by atoms with E-state index in [-0.39, 0.29) is 5.91 Å². The molecular formula is C17H22N4O2S. The van der Waals surface area contributed by atoms with Crippen LogP contribution in [0.1, 0.15) is 5.69 Å². The predicted molar refractivity (Wildman–Crippen MR) is 97.1 cm³/mol. The zero-order chi connectivity index (χ0) is 16.9. The standard InChI is InChI=1S/C17H22N4O2S/c1-13-12-24-17(18-13)19-16(22)11-20-6-8-21(9-7-20)14-4-3-5-15(10-14)23-2/h3-5,10,12H,6-9,11H2,1-2H3,(H,18,19,22). The summed E-state index contributed by atoms with van der Waals surface area (Å²) in [5.41, 5.74) is 2.10. The molecule has 0 bridgehead atoms. The molecule has 1 aliphatic heterocycles. The first kappa shape index (κ1) is 16.7. The number of carbonyl (C=O) groups excluding carboxylic acids is 1. The minimum absolute atomic E-state index is 0.000759. The maximum Gasteiger partial charge on any atom is 0.240 e. The van der Waals surface area contributed by atoms with Crippen molar-refractivity contribution in [2.24, 2.45) is 0 Å². The van der Waals surface area contributed by atoms with Gasteiger partial charge in [-0.3, -0.25) is 9.69 Å². The Morgan fingerprint density at radius 2 is 2.12 bits per heavy atom. The molecule has 2 aromatic rings. The van der Waals surface area contributed by atoms with Crippen LogP contribution in [0.15, 0.2) is 29.6 Å². The number of carbonyl (C=O) groups is 1. The van der Waals surface area contributed by atoms with Crippen molar-refractivity contribution in [2.75, 3.05) is 50.1 Å². The van der Waals surface area contributed by atoms with E-state index < -0.39 is 0 Å². The smallest absolute Gasteiger partial charge is 0.240 e. The number of rotatable bonds is 5. The summed E-state index contributed by atoms with van der Waals surface area (Å²) < 4.78 is 5.28. The highest BCUT2D eigenvalue weighted by atomic mass is 32.1. The van der Waals surface area contributed by atoms with E-state index in [1.54, 1.807) is 7.11 Å². The van der Waals surface area contributed by atoms with Crippen molar-refractivity contribution < 1.29 is 9.53 Å². The van der Waals surface area contributed by atoms with Gasteiger partial charge in [0, 0.05) is 43.3 Å². The normalized spacial score (nSPS) is 15.3. The number of benzene rings is 1. The Morgan fingerprint density at radius 1 is 1.33 bits per heavy atom. The number of nitrogens with one attached hydrogen (secondary N) is 1.